The van der Waals surface area contributed by atoms with Gasteiger partial charge in [-0.25, -0.2) is 5.43 Å². The summed E-state index contributed by atoms with van der Waals surface area (Å²) in [5.74, 6) is 0.666. The summed E-state index contributed by atoms with van der Waals surface area (Å²) in [6.45, 7) is 6.02. The van der Waals surface area contributed by atoms with Gasteiger partial charge in [0.1, 0.15) is 5.75 Å². The summed E-state index contributed by atoms with van der Waals surface area (Å²) in [7, 11) is 0. The van der Waals surface area contributed by atoms with Gasteiger partial charge in [-0.15, -0.1) is 0 Å². The van der Waals surface area contributed by atoms with Crippen molar-refractivity contribution in [2.24, 2.45) is 5.10 Å². The van der Waals surface area contributed by atoms with E-state index in [0.29, 0.717) is 27.3 Å². The number of amides is 1. The number of hydrazone groups is 1. The van der Waals surface area contributed by atoms with Gasteiger partial charge in [0, 0.05) is 5.56 Å². The molecule has 0 saturated heterocycles. The summed E-state index contributed by atoms with van der Waals surface area (Å²) < 4.78 is 5.65. The van der Waals surface area contributed by atoms with E-state index >= 15 is 0 Å². The molecule has 2 rings (SSSR count). The lowest BCUT2D eigenvalue weighted by Crippen LogP contribution is -2.25. The molecule has 2 aromatic carbocycles. The quantitative estimate of drug-likeness (QED) is 0.570. The number of halogens is 2. The molecule has 25 heavy (non-hydrogen) atoms. The number of nitrogens with zero attached hydrogens (tertiary/aromatic N) is 1. The van der Waals surface area contributed by atoms with Crippen molar-refractivity contribution < 1.29 is 9.53 Å². The highest BCUT2D eigenvalue weighted by atomic mass is 35.5. The summed E-state index contributed by atoms with van der Waals surface area (Å²) in [5.41, 5.74) is 5.18. The Labute approximate surface area is 157 Å². The molecule has 0 radical (unpaired) electrons. The van der Waals surface area contributed by atoms with Crippen molar-refractivity contribution in [3.05, 3.63) is 63.1 Å². The molecule has 0 aliphatic rings. The largest absolute Gasteiger partial charge is 0.483 e. The van der Waals surface area contributed by atoms with E-state index in [1.54, 1.807) is 18.2 Å². The summed E-state index contributed by atoms with van der Waals surface area (Å²) in [6.07, 6.45) is 1.44. The van der Waals surface area contributed by atoms with Crippen molar-refractivity contribution in [2.45, 2.75) is 26.7 Å². The third-order valence-corrected chi connectivity index (χ3v) is 4.36. The highest BCUT2D eigenvalue weighted by Gasteiger charge is 2.10. The average Bonchev–Trinajstić information content (AvgIpc) is 2.56. The molecule has 0 aliphatic carbocycles. The van der Waals surface area contributed by atoms with Crippen LogP contribution in [0.3, 0.4) is 0 Å². The van der Waals surface area contributed by atoms with Crippen LogP contribution >= 0.6 is 23.2 Å². The number of rotatable bonds is 6. The molecule has 2 aromatic rings. The standard InChI is InChI=1S/C19H20Cl2N2O2/c1-12(2)15-8-7-13(3)9-17(15)25-11-18(24)23-22-10-14-5-4-6-16(20)19(14)21/h4-10,12H,11H2,1-3H3,(H,23,24)/b22-10+. The van der Waals surface area contributed by atoms with Gasteiger partial charge in [0.25, 0.3) is 5.91 Å². The Balaban J connectivity index is 1.94. The zero-order chi connectivity index (χ0) is 18.4. The summed E-state index contributed by atoms with van der Waals surface area (Å²) in [4.78, 5) is 11.9. The van der Waals surface area contributed by atoms with E-state index in [4.69, 9.17) is 27.9 Å². The second kappa shape index (κ2) is 8.88. The van der Waals surface area contributed by atoms with Gasteiger partial charge in [0.2, 0.25) is 0 Å². The second-order valence-corrected chi connectivity index (χ2v) is 6.71. The first-order valence-corrected chi connectivity index (χ1v) is 8.63. The molecule has 0 aliphatic heterocycles. The molecule has 0 atom stereocenters. The topological polar surface area (TPSA) is 50.7 Å². The van der Waals surface area contributed by atoms with E-state index in [2.05, 4.69) is 24.4 Å². The normalized spacial score (nSPS) is 11.1. The van der Waals surface area contributed by atoms with Crippen molar-refractivity contribution >= 4 is 35.3 Å². The fraction of sp³-hybridized carbons (Fsp3) is 0.263. The van der Waals surface area contributed by atoms with Gasteiger partial charge in [-0.1, -0.05) is 61.3 Å². The lowest BCUT2D eigenvalue weighted by molar-refractivity contribution is -0.123. The minimum atomic E-state index is -0.356. The van der Waals surface area contributed by atoms with Crippen molar-refractivity contribution in [3.63, 3.8) is 0 Å². The Morgan fingerprint density at radius 3 is 2.76 bits per heavy atom. The molecule has 1 N–H and O–H groups in total. The van der Waals surface area contributed by atoms with Crippen LogP contribution in [0.2, 0.25) is 10.0 Å². The molecule has 0 spiro atoms. The Bertz CT molecular complexity index is 789. The average molecular weight is 379 g/mol. The fourth-order valence-electron chi connectivity index (χ4n) is 2.21. The molecular weight excluding hydrogens is 359 g/mol. The van der Waals surface area contributed by atoms with Crippen LogP contribution in [-0.4, -0.2) is 18.7 Å². The number of ether oxygens (including phenoxy) is 1. The third-order valence-electron chi connectivity index (χ3n) is 3.52. The lowest BCUT2D eigenvalue weighted by atomic mass is 10.0. The number of hydrogen-bond acceptors (Lipinski definition) is 3. The maximum absolute atomic E-state index is 11.9. The van der Waals surface area contributed by atoms with E-state index < -0.39 is 0 Å². The summed E-state index contributed by atoms with van der Waals surface area (Å²) >= 11 is 12.0. The van der Waals surface area contributed by atoms with Crippen LogP contribution in [-0.2, 0) is 4.79 Å². The summed E-state index contributed by atoms with van der Waals surface area (Å²) in [5, 5.41) is 4.70. The highest BCUT2D eigenvalue weighted by Crippen LogP contribution is 2.27. The Kier molecular flexibility index (Phi) is 6.85. The van der Waals surface area contributed by atoms with Crippen LogP contribution < -0.4 is 10.2 Å². The van der Waals surface area contributed by atoms with Crippen molar-refractivity contribution in [3.8, 4) is 5.75 Å². The Morgan fingerprint density at radius 1 is 1.28 bits per heavy atom. The minimum absolute atomic E-state index is 0.121. The molecule has 0 aromatic heterocycles. The van der Waals surface area contributed by atoms with E-state index in [0.717, 1.165) is 11.1 Å². The molecule has 0 bridgehead atoms. The first kappa shape index (κ1) is 19.3. The maximum Gasteiger partial charge on any atom is 0.277 e. The van der Waals surface area contributed by atoms with Crippen molar-refractivity contribution in [2.75, 3.05) is 6.61 Å². The monoisotopic (exact) mass is 378 g/mol. The number of benzene rings is 2. The molecule has 0 unspecified atom stereocenters. The predicted molar refractivity (Wildman–Crippen MR) is 103 cm³/mol. The fourth-order valence-corrected chi connectivity index (χ4v) is 2.57. The van der Waals surface area contributed by atoms with Gasteiger partial charge in [0.15, 0.2) is 6.61 Å². The lowest BCUT2D eigenvalue weighted by Gasteiger charge is -2.14. The van der Waals surface area contributed by atoms with Gasteiger partial charge in [-0.3, -0.25) is 4.79 Å². The molecule has 1 amide bonds. The van der Waals surface area contributed by atoms with Gasteiger partial charge < -0.3 is 4.74 Å². The van der Waals surface area contributed by atoms with Crippen molar-refractivity contribution in [1.82, 2.24) is 5.43 Å². The Morgan fingerprint density at radius 2 is 2.04 bits per heavy atom. The molecule has 0 heterocycles. The van der Waals surface area contributed by atoms with E-state index in [9.17, 15) is 4.79 Å². The third kappa shape index (κ3) is 5.48. The summed E-state index contributed by atoms with van der Waals surface area (Å²) in [6, 6.07) is 11.2. The van der Waals surface area contributed by atoms with Gasteiger partial charge in [-0.05, 0) is 36.1 Å². The van der Waals surface area contributed by atoms with Gasteiger partial charge in [0.05, 0.1) is 16.3 Å². The maximum atomic E-state index is 11.9. The first-order chi connectivity index (χ1) is 11.9. The molecule has 132 valence electrons. The zero-order valence-corrected chi connectivity index (χ0v) is 15.9. The zero-order valence-electron chi connectivity index (χ0n) is 14.3. The van der Waals surface area contributed by atoms with E-state index in [1.807, 2.05) is 25.1 Å². The Hall–Kier alpha value is -2.04. The number of carbonyl (C=O) groups excluding carboxylic acids is 1. The van der Waals surface area contributed by atoms with E-state index in [-0.39, 0.29) is 12.5 Å². The number of carbonyl (C=O) groups is 1. The number of nitrogens with one attached hydrogen (secondary N) is 1. The van der Waals surface area contributed by atoms with Crippen LogP contribution in [0.4, 0.5) is 0 Å². The smallest absolute Gasteiger partial charge is 0.277 e. The number of hydrogen-bond donors (Lipinski definition) is 1. The number of aryl methyl sites for hydroxylation is 1. The van der Waals surface area contributed by atoms with Crippen LogP contribution in [0.1, 0.15) is 36.5 Å². The minimum Gasteiger partial charge on any atom is -0.483 e. The first-order valence-electron chi connectivity index (χ1n) is 7.87. The molecule has 0 saturated carbocycles. The highest BCUT2D eigenvalue weighted by molar-refractivity contribution is 6.43. The second-order valence-electron chi connectivity index (χ2n) is 5.92. The van der Waals surface area contributed by atoms with Crippen LogP contribution in [0.25, 0.3) is 0 Å². The molecular formula is C19H20Cl2N2O2. The van der Waals surface area contributed by atoms with Gasteiger partial charge >= 0.3 is 0 Å². The molecule has 0 fully saturated rings. The van der Waals surface area contributed by atoms with Crippen LogP contribution in [0, 0.1) is 6.92 Å². The van der Waals surface area contributed by atoms with Gasteiger partial charge in [-0.2, -0.15) is 5.10 Å². The SMILES string of the molecule is Cc1ccc(C(C)C)c(OCC(=O)N/N=C/c2cccc(Cl)c2Cl)c1. The van der Waals surface area contributed by atoms with Crippen LogP contribution in [0.5, 0.6) is 5.75 Å². The van der Waals surface area contributed by atoms with Crippen LogP contribution in [0.15, 0.2) is 41.5 Å². The predicted octanol–water partition coefficient (Wildman–Crippen LogP) is 4.95. The molecule has 4 nitrogen and oxygen atoms in total. The molecule has 6 heteroatoms. The van der Waals surface area contributed by atoms with E-state index in [1.165, 1.54) is 6.21 Å². The van der Waals surface area contributed by atoms with Crippen molar-refractivity contribution in [1.29, 1.82) is 0 Å².